The van der Waals surface area contributed by atoms with E-state index in [1.165, 1.54) is 12.4 Å². The van der Waals surface area contributed by atoms with E-state index in [9.17, 15) is 4.39 Å². The van der Waals surface area contributed by atoms with E-state index in [-0.39, 0.29) is 11.5 Å². The summed E-state index contributed by atoms with van der Waals surface area (Å²) >= 11 is 0. The molecule has 4 rings (SSSR count). The Morgan fingerprint density at radius 2 is 2.08 bits per heavy atom. The number of aromatic nitrogens is 3. The van der Waals surface area contributed by atoms with Gasteiger partial charge in [-0.2, -0.15) is 0 Å². The zero-order chi connectivity index (χ0) is 17.8. The van der Waals surface area contributed by atoms with Crippen molar-refractivity contribution in [3.8, 4) is 0 Å². The lowest BCUT2D eigenvalue weighted by atomic mass is 9.73. The summed E-state index contributed by atoms with van der Waals surface area (Å²) in [6.07, 6.45) is 9.15. The van der Waals surface area contributed by atoms with Crippen molar-refractivity contribution in [1.82, 2.24) is 15.0 Å². The van der Waals surface area contributed by atoms with Crippen molar-refractivity contribution in [3.05, 3.63) is 48.3 Å². The third-order valence-corrected chi connectivity index (χ3v) is 5.29. The fourth-order valence-corrected chi connectivity index (χ4v) is 3.99. The summed E-state index contributed by atoms with van der Waals surface area (Å²) in [6, 6.07) is 3.93. The van der Waals surface area contributed by atoms with Gasteiger partial charge in [-0.3, -0.25) is 4.98 Å². The first-order chi connectivity index (χ1) is 12.8. The van der Waals surface area contributed by atoms with Crippen LogP contribution in [0.3, 0.4) is 0 Å². The Labute approximate surface area is 152 Å². The van der Waals surface area contributed by atoms with Gasteiger partial charge >= 0.3 is 0 Å². The van der Waals surface area contributed by atoms with E-state index in [1.54, 1.807) is 12.4 Å². The van der Waals surface area contributed by atoms with Gasteiger partial charge in [0.25, 0.3) is 0 Å². The first-order valence-electron chi connectivity index (χ1n) is 9.06. The maximum atomic E-state index is 13.1. The first kappa shape index (κ1) is 17.3. The van der Waals surface area contributed by atoms with Gasteiger partial charge in [0.2, 0.25) is 5.95 Å². The SMILES string of the molecule is Fc1cnc(N2CC[C@@H]3OCCC[C@@]3(COCc3ccncc3)C2)nc1. The summed E-state index contributed by atoms with van der Waals surface area (Å²) in [6.45, 7) is 3.56. The molecule has 7 heteroatoms. The molecule has 0 bridgehead atoms. The molecule has 4 heterocycles. The number of hydrogen-bond acceptors (Lipinski definition) is 6. The molecule has 2 saturated heterocycles. The molecule has 0 saturated carbocycles. The molecular weight excluding hydrogens is 335 g/mol. The molecule has 26 heavy (non-hydrogen) atoms. The monoisotopic (exact) mass is 358 g/mol. The van der Waals surface area contributed by atoms with Crippen molar-refractivity contribution in [1.29, 1.82) is 0 Å². The van der Waals surface area contributed by atoms with Crippen LogP contribution in [0.1, 0.15) is 24.8 Å². The number of hydrogen-bond donors (Lipinski definition) is 0. The average Bonchev–Trinajstić information content (AvgIpc) is 2.69. The summed E-state index contributed by atoms with van der Waals surface area (Å²) in [4.78, 5) is 14.5. The molecule has 0 N–H and O–H groups in total. The summed E-state index contributed by atoms with van der Waals surface area (Å²) in [7, 11) is 0. The standard InChI is InChI=1S/C19H23FN4O2/c20-16-10-22-18(23-11-16)24-8-4-17-19(13-24,5-1-9-26-17)14-25-12-15-2-6-21-7-3-15/h2-3,6-7,10-11,17H,1,4-5,8-9,12-14H2/t17-,19-/m0/s1. The van der Waals surface area contributed by atoms with E-state index < -0.39 is 5.82 Å². The first-order valence-corrected chi connectivity index (χ1v) is 9.06. The highest BCUT2D eigenvalue weighted by Gasteiger charge is 2.46. The number of nitrogens with zero attached hydrogens (tertiary/aromatic N) is 4. The van der Waals surface area contributed by atoms with E-state index >= 15 is 0 Å². The predicted molar refractivity (Wildman–Crippen MR) is 94.1 cm³/mol. The number of fused-ring (bicyclic) bond motifs is 1. The molecular formula is C19H23FN4O2. The van der Waals surface area contributed by atoms with Crippen LogP contribution in [0.2, 0.25) is 0 Å². The highest BCUT2D eigenvalue weighted by Crippen LogP contribution is 2.41. The predicted octanol–water partition coefficient (Wildman–Crippen LogP) is 2.60. The van der Waals surface area contributed by atoms with Crippen LogP contribution in [0.5, 0.6) is 0 Å². The van der Waals surface area contributed by atoms with Gasteiger partial charge in [0, 0.05) is 37.5 Å². The normalized spacial score (nSPS) is 25.7. The quantitative estimate of drug-likeness (QED) is 0.819. The Hall–Kier alpha value is -2.12. The lowest BCUT2D eigenvalue weighted by Gasteiger charge is -2.50. The molecule has 138 valence electrons. The van der Waals surface area contributed by atoms with Crippen LogP contribution in [0.15, 0.2) is 36.9 Å². The van der Waals surface area contributed by atoms with Crippen molar-refractivity contribution in [2.45, 2.75) is 32.0 Å². The molecule has 2 aliphatic rings. The number of piperidine rings is 1. The van der Waals surface area contributed by atoms with Crippen LogP contribution in [-0.2, 0) is 16.1 Å². The zero-order valence-corrected chi connectivity index (χ0v) is 14.7. The Kier molecular flexibility index (Phi) is 5.08. The Morgan fingerprint density at radius 1 is 1.27 bits per heavy atom. The highest BCUT2D eigenvalue weighted by molar-refractivity contribution is 5.31. The molecule has 0 unspecified atom stereocenters. The summed E-state index contributed by atoms with van der Waals surface area (Å²) < 4.78 is 25.3. The third-order valence-electron chi connectivity index (χ3n) is 5.29. The van der Waals surface area contributed by atoms with Crippen LogP contribution in [-0.4, -0.2) is 47.4 Å². The molecule has 2 aliphatic heterocycles. The van der Waals surface area contributed by atoms with Gasteiger partial charge in [0.05, 0.1) is 31.7 Å². The minimum Gasteiger partial charge on any atom is -0.377 e. The molecule has 2 aromatic heterocycles. The molecule has 2 aromatic rings. The number of rotatable bonds is 5. The fraction of sp³-hybridized carbons (Fsp3) is 0.526. The van der Waals surface area contributed by atoms with Gasteiger partial charge in [0.15, 0.2) is 5.82 Å². The van der Waals surface area contributed by atoms with Crippen molar-refractivity contribution in [3.63, 3.8) is 0 Å². The third kappa shape index (κ3) is 3.68. The summed E-state index contributed by atoms with van der Waals surface area (Å²) in [5.41, 5.74) is 1.03. The minimum atomic E-state index is -0.417. The zero-order valence-electron chi connectivity index (χ0n) is 14.7. The lowest BCUT2D eigenvalue weighted by molar-refractivity contribution is -0.127. The van der Waals surface area contributed by atoms with Crippen molar-refractivity contribution >= 4 is 5.95 Å². The summed E-state index contributed by atoms with van der Waals surface area (Å²) in [5.74, 6) is 0.156. The van der Waals surface area contributed by atoms with Gasteiger partial charge in [-0.15, -0.1) is 0 Å². The number of anilines is 1. The largest absolute Gasteiger partial charge is 0.377 e. The molecule has 2 fully saturated rings. The molecule has 0 aliphatic carbocycles. The van der Waals surface area contributed by atoms with E-state index in [1.807, 2.05) is 12.1 Å². The van der Waals surface area contributed by atoms with E-state index in [2.05, 4.69) is 19.9 Å². The molecule has 0 spiro atoms. The van der Waals surface area contributed by atoms with Gasteiger partial charge in [0.1, 0.15) is 0 Å². The van der Waals surface area contributed by atoms with Gasteiger partial charge < -0.3 is 14.4 Å². The van der Waals surface area contributed by atoms with Crippen molar-refractivity contribution in [2.24, 2.45) is 5.41 Å². The second kappa shape index (κ2) is 7.63. The van der Waals surface area contributed by atoms with E-state index in [4.69, 9.17) is 9.47 Å². The number of ether oxygens (including phenoxy) is 2. The molecule has 0 radical (unpaired) electrons. The Balaban J connectivity index is 1.46. The topological polar surface area (TPSA) is 60.4 Å². The van der Waals surface area contributed by atoms with Crippen molar-refractivity contribution in [2.75, 3.05) is 31.2 Å². The number of halogens is 1. The summed E-state index contributed by atoms with van der Waals surface area (Å²) in [5, 5.41) is 0. The van der Waals surface area contributed by atoms with Gasteiger partial charge in [-0.1, -0.05) is 0 Å². The van der Waals surface area contributed by atoms with E-state index in [0.29, 0.717) is 19.2 Å². The van der Waals surface area contributed by atoms with Crippen LogP contribution in [0, 0.1) is 11.2 Å². The lowest BCUT2D eigenvalue weighted by Crippen LogP contribution is -2.57. The van der Waals surface area contributed by atoms with Gasteiger partial charge in [-0.25, -0.2) is 14.4 Å². The molecule has 2 atom stereocenters. The second-order valence-electron chi connectivity index (χ2n) is 7.09. The van der Waals surface area contributed by atoms with Gasteiger partial charge in [-0.05, 0) is 37.0 Å². The number of pyridine rings is 1. The molecule has 6 nitrogen and oxygen atoms in total. The minimum absolute atomic E-state index is 0.0821. The molecule has 0 aromatic carbocycles. The average molecular weight is 358 g/mol. The maximum Gasteiger partial charge on any atom is 0.225 e. The smallest absolute Gasteiger partial charge is 0.225 e. The Bertz CT molecular complexity index is 715. The van der Waals surface area contributed by atoms with Crippen molar-refractivity contribution < 1.29 is 13.9 Å². The molecule has 0 amide bonds. The van der Waals surface area contributed by atoms with Crippen LogP contribution in [0.4, 0.5) is 10.3 Å². The fourth-order valence-electron chi connectivity index (χ4n) is 3.99. The maximum absolute atomic E-state index is 13.1. The second-order valence-corrected chi connectivity index (χ2v) is 7.09. The van der Waals surface area contributed by atoms with Crippen LogP contribution in [0.25, 0.3) is 0 Å². The highest BCUT2D eigenvalue weighted by atomic mass is 19.1. The van der Waals surface area contributed by atoms with Crippen LogP contribution >= 0.6 is 0 Å². The van der Waals surface area contributed by atoms with Crippen LogP contribution < -0.4 is 4.90 Å². The van der Waals surface area contributed by atoms with E-state index in [0.717, 1.165) is 44.5 Å². The Morgan fingerprint density at radius 3 is 2.88 bits per heavy atom.